The van der Waals surface area contributed by atoms with E-state index in [9.17, 15) is 17.4 Å². The molecule has 0 saturated heterocycles. The fourth-order valence-corrected chi connectivity index (χ4v) is 3.06. The average Bonchev–Trinajstić information content (AvgIpc) is 2.53. The van der Waals surface area contributed by atoms with Gasteiger partial charge in [-0.2, -0.15) is 13.2 Å². The Morgan fingerprint density at radius 3 is 2.08 bits per heavy atom. The summed E-state index contributed by atoms with van der Waals surface area (Å²) in [5.74, 6) is 0. The highest BCUT2D eigenvalue weighted by Crippen LogP contribution is 2.31. The Hall–Kier alpha value is -1.66. The molecule has 0 aliphatic rings. The van der Waals surface area contributed by atoms with Crippen LogP contribution in [0.15, 0.2) is 48.5 Å². The van der Waals surface area contributed by atoms with Crippen LogP contribution in [0.4, 0.5) is 13.2 Å². The molecule has 0 aliphatic carbocycles. The van der Waals surface area contributed by atoms with E-state index in [1.165, 1.54) is 12.1 Å². The molecule has 0 radical (unpaired) electrons. The molecule has 0 aliphatic heterocycles. The fraction of sp³-hybridized carbons (Fsp3) is 0.368. The topological polar surface area (TPSA) is 29.1 Å². The van der Waals surface area contributed by atoms with Crippen LogP contribution in [-0.4, -0.2) is 8.96 Å². The van der Waals surface area contributed by atoms with E-state index in [4.69, 9.17) is 0 Å². The van der Waals surface area contributed by atoms with E-state index in [2.05, 4.69) is 4.72 Å². The van der Waals surface area contributed by atoms with Gasteiger partial charge in [0.2, 0.25) is 0 Å². The second-order valence-corrected chi connectivity index (χ2v) is 8.92. The zero-order valence-corrected chi connectivity index (χ0v) is 15.5. The van der Waals surface area contributed by atoms with E-state index in [1.807, 2.05) is 52.0 Å². The molecular formula is C19H22F3NOS. The van der Waals surface area contributed by atoms with Gasteiger partial charge >= 0.3 is 6.18 Å². The quantitative estimate of drug-likeness (QED) is 0.759. The van der Waals surface area contributed by atoms with Gasteiger partial charge in [-0.3, -0.25) is 0 Å². The second kappa shape index (κ2) is 7.30. The summed E-state index contributed by atoms with van der Waals surface area (Å²) in [5, 5.41) is 0. The molecule has 2 aromatic carbocycles. The maximum absolute atomic E-state index is 12.7. The Labute approximate surface area is 149 Å². The van der Waals surface area contributed by atoms with Gasteiger partial charge in [-0.1, -0.05) is 30.3 Å². The molecule has 136 valence electrons. The summed E-state index contributed by atoms with van der Waals surface area (Å²) in [6.45, 7) is 7.58. The Bertz CT molecular complexity index is 748. The van der Waals surface area contributed by atoms with Gasteiger partial charge in [0, 0.05) is 6.04 Å². The lowest BCUT2D eigenvalue weighted by Gasteiger charge is -2.22. The van der Waals surface area contributed by atoms with Crippen molar-refractivity contribution < 1.29 is 17.4 Å². The van der Waals surface area contributed by atoms with Gasteiger partial charge in [-0.15, -0.1) is 0 Å². The predicted molar refractivity (Wildman–Crippen MR) is 96.3 cm³/mol. The third kappa shape index (κ3) is 5.16. The van der Waals surface area contributed by atoms with Crippen LogP contribution >= 0.6 is 0 Å². The predicted octanol–water partition coefficient (Wildman–Crippen LogP) is 5.49. The number of halogens is 3. The first kappa shape index (κ1) is 19.7. The van der Waals surface area contributed by atoms with Gasteiger partial charge < -0.3 is 0 Å². The van der Waals surface area contributed by atoms with Gasteiger partial charge in [0.15, 0.2) is 0 Å². The summed E-state index contributed by atoms with van der Waals surface area (Å²) in [5.41, 5.74) is 1.79. The molecule has 0 saturated carbocycles. The van der Waals surface area contributed by atoms with Crippen molar-refractivity contribution in [3.63, 3.8) is 0 Å². The number of nitrogens with one attached hydrogen (secondary N) is 1. The number of benzene rings is 2. The zero-order chi connectivity index (χ0) is 18.8. The van der Waals surface area contributed by atoms with Crippen LogP contribution in [0.2, 0.25) is 0 Å². The van der Waals surface area contributed by atoms with Crippen LogP contribution in [0, 0.1) is 0 Å². The second-order valence-electron chi connectivity index (χ2n) is 6.92. The van der Waals surface area contributed by atoms with Crippen molar-refractivity contribution in [1.82, 2.24) is 4.72 Å². The molecule has 2 unspecified atom stereocenters. The van der Waals surface area contributed by atoms with Crippen molar-refractivity contribution in [2.45, 2.75) is 44.7 Å². The minimum absolute atomic E-state index is 0.144. The van der Waals surface area contributed by atoms with Crippen LogP contribution in [0.25, 0.3) is 11.1 Å². The number of hydrogen-bond acceptors (Lipinski definition) is 1. The van der Waals surface area contributed by atoms with E-state index >= 15 is 0 Å². The SMILES string of the molecule is CC(NS(=O)C(C)(C)C)c1cccc(-c2ccc(C(F)(F)F)cc2)c1. The van der Waals surface area contributed by atoms with Crippen LogP contribution in [0.3, 0.4) is 0 Å². The summed E-state index contributed by atoms with van der Waals surface area (Å²) in [7, 11) is -1.21. The Morgan fingerprint density at radius 2 is 1.56 bits per heavy atom. The summed E-state index contributed by atoms with van der Waals surface area (Å²) in [6.07, 6.45) is -4.34. The van der Waals surface area contributed by atoms with Crippen molar-refractivity contribution in [3.8, 4) is 11.1 Å². The Morgan fingerprint density at radius 1 is 0.960 bits per heavy atom. The summed E-state index contributed by atoms with van der Waals surface area (Å²) in [4.78, 5) is 0. The van der Waals surface area contributed by atoms with Crippen LogP contribution in [0.1, 0.15) is 44.9 Å². The van der Waals surface area contributed by atoms with Gasteiger partial charge in [0.1, 0.15) is 0 Å². The number of rotatable bonds is 4. The third-order valence-corrected chi connectivity index (χ3v) is 5.45. The first-order chi connectivity index (χ1) is 11.5. The van der Waals surface area contributed by atoms with Gasteiger partial charge in [0.05, 0.1) is 21.3 Å². The molecule has 2 aromatic rings. The maximum atomic E-state index is 12.7. The van der Waals surface area contributed by atoms with Gasteiger partial charge in [-0.05, 0) is 62.6 Å². The van der Waals surface area contributed by atoms with Crippen molar-refractivity contribution in [1.29, 1.82) is 0 Å². The van der Waals surface area contributed by atoms with Crippen LogP contribution in [-0.2, 0) is 17.2 Å². The standard InChI is InChI=1S/C19H22F3NOS/c1-13(23-25(24)18(2,3)4)15-6-5-7-16(12-15)14-8-10-17(11-9-14)19(20,21)22/h5-13,23H,1-4H3. The first-order valence-corrected chi connectivity index (χ1v) is 9.09. The summed E-state index contributed by atoms with van der Waals surface area (Å²) >= 11 is 0. The van der Waals surface area contributed by atoms with Crippen LogP contribution in [0.5, 0.6) is 0 Å². The van der Waals surface area contributed by atoms with E-state index in [-0.39, 0.29) is 10.8 Å². The molecule has 0 bridgehead atoms. The molecule has 0 amide bonds. The van der Waals surface area contributed by atoms with E-state index in [1.54, 1.807) is 0 Å². The molecule has 1 N–H and O–H groups in total. The molecule has 0 aromatic heterocycles. The molecular weight excluding hydrogens is 347 g/mol. The molecule has 6 heteroatoms. The molecule has 2 rings (SSSR count). The molecule has 0 spiro atoms. The molecule has 2 atom stereocenters. The third-order valence-electron chi connectivity index (χ3n) is 3.77. The smallest absolute Gasteiger partial charge is 0.242 e. The minimum atomic E-state index is -4.34. The van der Waals surface area contributed by atoms with Gasteiger partial charge in [-0.25, -0.2) is 8.93 Å². The zero-order valence-electron chi connectivity index (χ0n) is 14.6. The Kier molecular flexibility index (Phi) is 5.74. The Balaban J connectivity index is 2.22. The molecule has 0 heterocycles. The lowest BCUT2D eigenvalue weighted by atomic mass is 9.99. The van der Waals surface area contributed by atoms with Crippen LogP contribution < -0.4 is 4.72 Å². The fourth-order valence-electron chi connectivity index (χ4n) is 2.24. The highest BCUT2D eigenvalue weighted by molar-refractivity contribution is 7.84. The van der Waals surface area contributed by atoms with E-state index in [0.29, 0.717) is 5.56 Å². The lowest BCUT2D eigenvalue weighted by Crippen LogP contribution is -2.34. The molecule has 0 fully saturated rings. The average molecular weight is 369 g/mol. The van der Waals surface area contributed by atoms with Gasteiger partial charge in [0.25, 0.3) is 0 Å². The van der Waals surface area contributed by atoms with Crippen molar-refractivity contribution in [2.75, 3.05) is 0 Å². The van der Waals surface area contributed by atoms with Crippen molar-refractivity contribution in [3.05, 3.63) is 59.7 Å². The van der Waals surface area contributed by atoms with E-state index < -0.39 is 22.7 Å². The highest BCUT2D eigenvalue weighted by Gasteiger charge is 2.30. The lowest BCUT2D eigenvalue weighted by molar-refractivity contribution is -0.137. The van der Waals surface area contributed by atoms with E-state index in [0.717, 1.165) is 23.3 Å². The summed E-state index contributed by atoms with van der Waals surface area (Å²) in [6, 6.07) is 12.5. The number of alkyl halides is 3. The largest absolute Gasteiger partial charge is 0.416 e. The normalized spacial score (nSPS) is 15.0. The molecule has 2 nitrogen and oxygen atoms in total. The maximum Gasteiger partial charge on any atom is 0.416 e. The highest BCUT2D eigenvalue weighted by atomic mass is 32.2. The minimum Gasteiger partial charge on any atom is -0.242 e. The first-order valence-electron chi connectivity index (χ1n) is 7.94. The van der Waals surface area contributed by atoms with Crippen molar-refractivity contribution in [2.24, 2.45) is 0 Å². The van der Waals surface area contributed by atoms with Crippen molar-refractivity contribution >= 4 is 11.0 Å². The monoisotopic (exact) mass is 369 g/mol. The molecule has 25 heavy (non-hydrogen) atoms. The summed E-state index contributed by atoms with van der Waals surface area (Å²) < 4.78 is 52.9. The number of hydrogen-bond donors (Lipinski definition) is 1.